The average Bonchev–Trinajstić information content (AvgIpc) is 2.48. The number of nitrogens with zero attached hydrogens (tertiary/aromatic N) is 1. The van der Waals surface area contributed by atoms with E-state index in [0.717, 1.165) is 5.56 Å². The van der Waals surface area contributed by atoms with Crippen molar-refractivity contribution in [2.75, 3.05) is 14.2 Å². The summed E-state index contributed by atoms with van der Waals surface area (Å²) in [5, 5.41) is 0. The monoisotopic (exact) mass is 274 g/mol. The van der Waals surface area contributed by atoms with Gasteiger partial charge in [0.25, 0.3) is 5.56 Å². The van der Waals surface area contributed by atoms with Crippen molar-refractivity contribution in [3.63, 3.8) is 0 Å². The predicted octanol–water partition coefficient (Wildman–Crippen LogP) is 1.57. The summed E-state index contributed by atoms with van der Waals surface area (Å²) in [7, 11) is 3.16. The standard InChI is InChI=1S/C15H18N2O3/c1-19-13-7-6-11(9-14(13)20-2)12(16)10-17-8-4-3-5-15(17)18/h3-9,12H,10,16H2,1-2H3. The fourth-order valence-electron chi connectivity index (χ4n) is 2.01. The molecule has 0 aliphatic carbocycles. The van der Waals surface area contributed by atoms with E-state index in [9.17, 15) is 4.79 Å². The molecule has 2 aromatic rings. The van der Waals surface area contributed by atoms with Gasteiger partial charge in [0.1, 0.15) is 0 Å². The van der Waals surface area contributed by atoms with Crippen molar-refractivity contribution in [3.05, 3.63) is 58.5 Å². The second-order valence-corrected chi connectivity index (χ2v) is 4.41. The lowest BCUT2D eigenvalue weighted by atomic mass is 10.1. The minimum atomic E-state index is -0.296. The molecule has 1 unspecified atom stereocenters. The summed E-state index contributed by atoms with van der Waals surface area (Å²) in [6.07, 6.45) is 1.73. The second-order valence-electron chi connectivity index (χ2n) is 4.41. The second kappa shape index (κ2) is 6.25. The maximum absolute atomic E-state index is 11.7. The van der Waals surface area contributed by atoms with Crippen LogP contribution in [0.15, 0.2) is 47.4 Å². The normalized spacial score (nSPS) is 11.9. The van der Waals surface area contributed by atoms with Crippen molar-refractivity contribution in [2.24, 2.45) is 5.73 Å². The van der Waals surface area contributed by atoms with Gasteiger partial charge in [-0.25, -0.2) is 0 Å². The zero-order valence-corrected chi connectivity index (χ0v) is 11.6. The minimum absolute atomic E-state index is 0.0663. The molecule has 2 rings (SSSR count). The molecule has 0 fully saturated rings. The van der Waals surface area contributed by atoms with Crippen LogP contribution in [0.1, 0.15) is 11.6 Å². The van der Waals surface area contributed by atoms with Crippen LogP contribution < -0.4 is 20.8 Å². The van der Waals surface area contributed by atoms with E-state index in [1.807, 2.05) is 24.3 Å². The van der Waals surface area contributed by atoms with Crippen LogP contribution in [0.3, 0.4) is 0 Å². The Labute approximate surface area is 117 Å². The summed E-state index contributed by atoms with van der Waals surface area (Å²) in [5.41, 5.74) is 6.98. The lowest BCUT2D eigenvalue weighted by Gasteiger charge is -2.16. The van der Waals surface area contributed by atoms with Gasteiger partial charge in [-0.1, -0.05) is 12.1 Å². The Morgan fingerprint density at radius 1 is 1.15 bits per heavy atom. The number of rotatable bonds is 5. The van der Waals surface area contributed by atoms with E-state index in [-0.39, 0.29) is 11.6 Å². The fraction of sp³-hybridized carbons (Fsp3) is 0.267. The van der Waals surface area contributed by atoms with Gasteiger partial charge in [0.15, 0.2) is 11.5 Å². The summed E-state index contributed by atoms with van der Waals surface area (Å²) >= 11 is 0. The molecule has 0 radical (unpaired) electrons. The van der Waals surface area contributed by atoms with Gasteiger partial charge in [-0.3, -0.25) is 4.79 Å². The van der Waals surface area contributed by atoms with Crippen LogP contribution >= 0.6 is 0 Å². The van der Waals surface area contributed by atoms with E-state index in [1.54, 1.807) is 31.0 Å². The maximum atomic E-state index is 11.7. The van der Waals surface area contributed by atoms with Crippen molar-refractivity contribution < 1.29 is 9.47 Å². The van der Waals surface area contributed by atoms with Crippen LogP contribution in [0.25, 0.3) is 0 Å². The van der Waals surface area contributed by atoms with Gasteiger partial charge in [0, 0.05) is 24.8 Å². The van der Waals surface area contributed by atoms with Crippen molar-refractivity contribution in [2.45, 2.75) is 12.6 Å². The zero-order valence-electron chi connectivity index (χ0n) is 11.6. The van der Waals surface area contributed by atoms with Crippen LogP contribution in [-0.4, -0.2) is 18.8 Å². The molecule has 5 heteroatoms. The molecular weight excluding hydrogens is 256 g/mol. The molecular formula is C15H18N2O3. The van der Waals surface area contributed by atoms with Gasteiger partial charge in [-0.05, 0) is 23.8 Å². The highest BCUT2D eigenvalue weighted by Crippen LogP contribution is 2.29. The van der Waals surface area contributed by atoms with Crippen LogP contribution in [0.2, 0.25) is 0 Å². The molecule has 1 aromatic heterocycles. The Morgan fingerprint density at radius 2 is 1.90 bits per heavy atom. The van der Waals surface area contributed by atoms with E-state index in [1.165, 1.54) is 6.07 Å². The molecule has 1 atom stereocenters. The summed E-state index contributed by atoms with van der Waals surface area (Å²) < 4.78 is 12.0. The van der Waals surface area contributed by atoms with E-state index in [4.69, 9.17) is 15.2 Å². The molecule has 0 aliphatic heterocycles. The number of hydrogen-bond donors (Lipinski definition) is 1. The Hall–Kier alpha value is -2.27. The highest BCUT2D eigenvalue weighted by atomic mass is 16.5. The molecule has 0 bridgehead atoms. The summed E-state index contributed by atoms with van der Waals surface area (Å²) in [6, 6.07) is 10.2. The van der Waals surface area contributed by atoms with Gasteiger partial charge >= 0.3 is 0 Å². The summed E-state index contributed by atoms with van der Waals surface area (Å²) in [6.45, 7) is 0.412. The molecule has 0 saturated heterocycles. The van der Waals surface area contributed by atoms with Gasteiger partial charge in [-0.15, -0.1) is 0 Å². The first-order valence-corrected chi connectivity index (χ1v) is 6.28. The SMILES string of the molecule is COc1ccc(C(N)Cn2ccccc2=O)cc1OC. The maximum Gasteiger partial charge on any atom is 0.250 e. The Balaban J connectivity index is 2.23. The van der Waals surface area contributed by atoms with Gasteiger partial charge < -0.3 is 19.8 Å². The van der Waals surface area contributed by atoms with Crippen molar-refractivity contribution in [3.8, 4) is 11.5 Å². The van der Waals surface area contributed by atoms with Crippen LogP contribution in [0.5, 0.6) is 11.5 Å². The van der Waals surface area contributed by atoms with Gasteiger partial charge in [0.2, 0.25) is 0 Å². The van der Waals surface area contributed by atoms with E-state index in [0.29, 0.717) is 18.0 Å². The molecule has 1 heterocycles. The third-order valence-electron chi connectivity index (χ3n) is 3.13. The molecule has 0 aliphatic rings. The third kappa shape index (κ3) is 3.00. The third-order valence-corrected chi connectivity index (χ3v) is 3.13. The highest BCUT2D eigenvalue weighted by Gasteiger charge is 2.11. The topological polar surface area (TPSA) is 66.5 Å². The molecule has 0 spiro atoms. The largest absolute Gasteiger partial charge is 0.493 e. The van der Waals surface area contributed by atoms with Crippen molar-refractivity contribution in [1.82, 2.24) is 4.57 Å². The number of aromatic nitrogens is 1. The molecule has 2 N–H and O–H groups in total. The molecule has 106 valence electrons. The number of benzene rings is 1. The Kier molecular flexibility index (Phi) is 4.42. The fourth-order valence-corrected chi connectivity index (χ4v) is 2.01. The van der Waals surface area contributed by atoms with Crippen LogP contribution in [-0.2, 0) is 6.54 Å². The molecule has 1 aromatic carbocycles. The molecule has 0 saturated carbocycles. The van der Waals surface area contributed by atoms with E-state index >= 15 is 0 Å². The number of nitrogens with two attached hydrogens (primary N) is 1. The first-order valence-electron chi connectivity index (χ1n) is 6.28. The van der Waals surface area contributed by atoms with Crippen molar-refractivity contribution in [1.29, 1.82) is 0 Å². The predicted molar refractivity (Wildman–Crippen MR) is 77.2 cm³/mol. The van der Waals surface area contributed by atoms with E-state index < -0.39 is 0 Å². The van der Waals surface area contributed by atoms with Gasteiger partial charge in [-0.2, -0.15) is 0 Å². The smallest absolute Gasteiger partial charge is 0.250 e. The highest BCUT2D eigenvalue weighted by molar-refractivity contribution is 5.43. The summed E-state index contributed by atoms with van der Waals surface area (Å²) in [5.74, 6) is 1.28. The quantitative estimate of drug-likeness (QED) is 0.898. The summed E-state index contributed by atoms with van der Waals surface area (Å²) in [4.78, 5) is 11.7. The molecule has 20 heavy (non-hydrogen) atoms. The van der Waals surface area contributed by atoms with Crippen LogP contribution in [0.4, 0.5) is 0 Å². The molecule has 0 amide bonds. The first-order chi connectivity index (χ1) is 9.65. The van der Waals surface area contributed by atoms with Gasteiger partial charge in [0.05, 0.1) is 14.2 Å². The lowest BCUT2D eigenvalue weighted by molar-refractivity contribution is 0.354. The number of hydrogen-bond acceptors (Lipinski definition) is 4. The Morgan fingerprint density at radius 3 is 2.55 bits per heavy atom. The van der Waals surface area contributed by atoms with E-state index in [2.05, 4.69) is 0 Å². The molecule has 5 nitrogen and oxygen atoms in total. The minimum Gasteiger partial charge on any atom is -0.493 e. The van der Waals surface area contributed by atoms with Crippen LogP contribution in [0, 0.1) is 0 Å². The number of methoxy groups -OCH3 is 2. The lowest BCUT2D eigenvalue weighted by Crippen LogP contribution is -2.25. The Bertz CT molecular complexity index is 637. The number of pyridine rings is 1. The number of ether oxygens (including phenoxy) is 2. The first kappa shape index (κ1) is 14.1. The average molecular weight is 274 g/mol. The zero-order chi connectivity index (χ0) is 14.5. The van der Waals surface area contributed by atoms with Crippen molar-refractivity contribution >= 4 is 0 Å².